The number of fused-ring (bicyclic) bond motifs is 1. The van der Waals surface area contributed by atoms with Gasteiger partial charge >= 0.3 is 6.18 Å². The lowest BCUT2D eigenvalue weighted by atomic mass is 10.0. The van der Waals surface area contributed by atoms with Crippen LogP contribution in [-0.4, -0.2) is 23.4 Å². The molecule has 3 rings (SSSR count). The highest BCUT2D eigenvalue weighted by molar-refractivity contribution is 7.16. The van der Waals surface area contributed by atoms with Crippen molar-refractivity contribution in [1.29, 1.82) is 5.26 Å². The number of carbonyl (C=O) groups is 1. The predicted molar refractivity (Wildman–Crippen MR) is 97.7 cm³/mol. The highest BCUT2D eigenvalue weighted by Crippen LogP contribution is 2.37. The van der Waals surface area contributed by atoms with E-state index < -0.39 is 17.6 Å². The first-order chi connectivity index (χ1) is 12.7. The maximum Gasteiger partial charge on any atom is 0.416 e. The van der Waals surface area contributed by atoms with Crippen molar-refractivity contribution in [2.75, 3.05) is 11.9 Å². The van der Waals surface area contributed by atoms with Gasteiger partial charge in [0, 0.05) is 29.6 Å². The number of amides is 1. The Morgan fingerprint density at radius 1 is 1.37 bits per heavy atom. The normalized spacial score (nSPS) is 14.7. The lowest BCUT2D eigenvalue weighted by molar-refractivity contribution is -0.137. The number of nitrogens with one attached hydrogen (secondary N) is 1. The maximum absolute atomic E-state index is 12.9. The predicted octanol–water partition coefficient (Wildman–Crippen LogP) is 4.66. The van der Waals surface area contributed by atoms with Gasteiger partial charge in [0.1, 0.15) is 11.1 Å². The fourth-order valence-corrected chi connectivity index (χ4v) is 4.30. The Balaban J connectivity index is 1.87. The van der Waals surface area contributed by atoms with Crippen LogP contribution in [0.2, 0.25) is 0 Å². The summed E-state index contributed by atoms with van der Waals surface area (Å²) in [4.78, 5) is 15.8. The molecule has 2 aromatic rings. The van der Waals surface area contributed by atoms with Crippen LogP contribution in [0.25, 0.3) is 0 Å². The van der Waals surface area contributed by atoms with Crippen LogP contribution in [-0.2, 0) is 19.1 Å². The molecule has 0 spiro atoms. The second kappa shape index (κ2) is 7.33. The SMILES string of the molecule is CC(C)N1CCc2c(sc(NC(=O)c3cccc(C(F)(F)F)c3)c2C#N)C1. The Morgan fingerprint density at radius 3 is 2.74 bits per heavy atom. The number of thiophene rings is 1. The van der Waals surface area contributed by atoms with E-state index in [1.165, 1.54) is 23.5 Å². The fourth-order valence-electron chi connectivity index (χ4n) is 3.08. The zero-order chi connectivity index (χ0) is 19.8. The molecule has 0 atom stereocenters. The van der Waals surface area contributed by atoms with Crippen molar-refractivity contribution in [2.24, 2.45) is 0 Å². The Bertz CT molecular complexity index is 912. The van der Waals surface area contributed by atoms with Crippen LogP contribution in [0.1, 0.15) is 45.8 Å². The van der Waals surface area contributed by atoms with Crippen molar-refractivity contribution in [1.82, 2.24) is 4.90 Å². The summed E-state index contributed by atoms with van der Waals surface area (Å²) in [6, 6.07) is 6.76. The van der Waals surface area contributed by atoms with Crippen molar-refractivity contribution >= 4 is 22.2 Å². The minimum absolute atomic E-state index is 0.0936. The van der Waals surface area contributed by atoms with Gasteiger partial charge in [0.05, 0.1) is 11.1 Å². The van der Waals surface area contributed by atoms with Crippen LogP contribution in [0.15, 0.2) is 24.3 Å². The van der Waals surface area contributed by atoms with Gasteiger partial charge < -0.3 is 5.32 Å². The van der Waals surface area contributed by atoms with E-state index in [0.29, 0.717) is 29.6 Å². The molecule has 0 radical (unpaired) electrons. The molecular weight excluding hydrogens is 375 g/mol. The highest BCUT2D eigenvalue weighted by atomic mass is 32.1. The average Bonchev–Trinajstić information content (AvgIpc) is 2.97. The molecule has 0 saturated heterocycles. The first kappa shape index (κ1) is 19.4. The molecule has 0 saturated carbocycles. The van der Waals surface area contributed by atoms with Crippen molar-refractivity contribution in [3.63, 3.8) is 0 Å². The van der Waals surface area contributed by atoms with E-state index in [4.69, 9.17) is 0 Å². The second-order valence-electron chi connectivity index (χ2n) is 6.67. The van der Waals surface area contributed by atoms with Crippen LogP contribution < -0.4 is 5.32 Å². The molecule has 2 heterocycles. The smallest absolute Gasteiger partial charge is 0.312 e. The molecule has 1 aliphatic heterocycles. The zero-order valence-corrected chi connectivity index (χ0v) is 15.7. The second-order valence-corrected chi connectivity index (χ2v) is 7.77. The number of nitrogens with zero attached hydrogens (tertiary/aromatic N) is 2. The van der Waals surface area contributed by atoms with Crippen LogP contribution in [0.3, 0.4) is 0 Å². The summed E-state index contributed by atoms with van der Waals surface area (Å²) in [5.41, 5.74) is 0.370. The Kier molecular flexibility index (Phi) is 5.27. The molecule has 4 nitrogen and oxygen atoms in total. The summed E-state index contributed by atoms with van der Waals surface area (Å²) in [5.74, 6) is -0.656. The quantitative estimate of drug-likeness (QED) is 0.825. The number of anilines is 1. The largest absolute Gasteiger partial charge is 0.416 e. The van der Waals surface area contributed by atoms with E-state index in [2.05, 4.69) is 30.1 Å². The standard InChI is InChI=1S/C19H18F3N3OS/c1-11(2)25-7-6-14-15(9-23)18(27-16(14)10-25)24-17(26)12-4-3-5-13(8-12)19(20,21)22/h3-5,8,11H,6-7,10H2,1-2H3,(H,24,26). The van der Waals surface area contributed by atoms with Gasteiger partial charge in [0.15, 0.2) is 0 Å². The van der Waals surface area contributed by atoms with Crippen LogP contribution >= 0.6 is 11.3 Å². The molecule has 27 heavy (non-hydrogen) atoms. The molecule has 1 N–H and O–H groups in total. The number of nitriles is 1. The number of benzene rings is 1. The molecular formula is C19H18F3N3OS. The number of hydrogen-bond donors (Lipinski definition) is 1. The minimum Gasteiger partial charge on any atom is -0.312 e. The summed E-state index contributed by atoms with van der Waals surface area (Å²) in [7, 11) is 0. The third-order valence-corrected chi connectivity index (χ3v) is 5.74. The van der Waals surface area contributed by atoms with Crippen LogP contribution in [0, 0.1) is 11.3 Å². The molecule has 0 unspecified atom stereocenters. The number of rotatable bonds is 3. The van der Waals surface area contributed by atoms with Gasteiger partial charge in [0.2, 0.25) is 0 Å². The van der Waals surface area contributed by atoms with Crippen LogP contribution in [0.5, 0.6) is 0 Å². The molecule has 8 heteroatoms. The van der Waals surface area contributed by atoms with Crippen molar-refractivity contribution in [3.05, 3.63) is 51.4 Å². The van der Waals surface area contributed by atoms with E-state index in [0.717, 1.165) is 29.1 Å². The van der Waals surface area contributed by atoms with E-state index >= 15 is 0 Å². The Hall–Kier alpha value is -2.37. The molecule has 1 aromatic heterocycles. The van der Waals surface area contributed by atoms with Gasteiger partial charge in [-0.25, -0.2) is 0 Å². The summed E-state index contributed by atoms with van der Waals surface area (Å²) in [5, 5.41) is 12.5. The highest BCUT2D eigenvalue weighted by Gasteiger charge is 2.31. The number of halogens is 3. The summed E-state index contributed by atoms with van der Waals surface area (Å²) in [6.45, 7) is 5.73. The van der Waals surface area contributed by atoms with Gasteiger partial charge in [-0.1, -0.05) is 6.07 Å². The van der Waals surface area contributed by atoms with Gasteiger partial charge in [0.25, 0.3) is 5.91 Å². The van der Waals surface area contributed by atoms with Gasteiger partial charge in [-0.3, -0.25) is 9.69 Å². The number of alkyl halides is 3. The lowest BCUT2D eigenvalue weighted by Gasteiger charge is -2.30. The fraction of sp³-hybridized carbons (Fsp3) is 0.368. The molecule has 0 bridgehead atoms. The van der Waals surface area contributed by atoms with Gasteiger partial charge in [-0.2, -0.15) is 18.4 Å². The zero-order valence-electron chi connectivity index (χ0n) is 14.9. The van der Waals surface area contributed by atoms with Crippen LogP contribution in [0.4, 0.5) is 18.2 Å². The summed E-state index contributed by atoms with van der Waals surface area (Å²) in [6.07, 6.45) is -3.80. The lowest BCUT2D eigenvalue weighted by Crippen LogP contribution is -2.35. The molecule has 1 aliphatic rings. The third-order valence-electron chi connectivity index (χ3n) is 4.61. The third kappa shape index (κ3) is 3.99. The minimum atomic E-state index is -4.52. The molecule has 0 fully saturated rings. The van der Waals surface area contributed by atoms with Crippen molar-refractivity contribution in [2.45, 2.75) is 39.0 Å². The maximum atomic E-state index is 12.9. The van der Waals surface area contributed by atoms with Crippen molar-refractivity contribution in [3.8, 4) is 6.07 Å². The van der Waals surface area contributed by atoms with Gasteiger partial charge in [-0.15, -0.1) is 11.3 Å². The van der Waals surface area contributed by atoms with Crippen molar-refractivity contribution < 1.29 is 18.0 Å². The van der Waals surface area contributed by atoms with Gasteiger partial charge in [-0.05, 0) is 44.0 Å². The first-order valence-corrected chi connectivity index (χ1v) is 9.29. The number of carbonyl (C=O) groups excluding carboxylic acids is 1. The topological polar surface area (TPSA) is 56.1 Å². The number of hydrogen-bond acceptors (Lipinski definition) is 4. The molecule has 142 valence electrons. The summed E-state index contributed by atoms with van der Waals surface area (Å²) < 4.78 is 38.6. The van der Waals surface area contributed by atoms with E-state index in [1.807, 2.05) is 0 Å². The Labute approximate surface area is 159 Å². The summed E-state index contributed by atoms with van der Waals surface area (Å²) >= 11 is 1.32. The van der Waals surface area contributed by atoms with E-state index in [9.17, 15) is 23.2 Å². The molecule has 0 aliphatic carbocycles. The molecule has 1 aromatic carbocycles. The van der Waals surface area contributed by atoms with E-state index in [1.54, 1.807) is 0 Å². The molecule has 1 amide bonds. The Morgan fingerprint density at radius 2 is 2.11 bits per heavy atom. The monoisotopic (exact) mass is 393 g/mol. The van der Waals surface area contributed by atoms with E-state index in [-0.39, 0.29) is 5.56 Å². The first-order valence-electron chi connectivity index (χ1n) is 8.48. The average molecular weight is 393 g/mol.